The van der Waals surface area contributed by atoms with Crippen LogP contribution in [0.2, 0.25) is 0 Å². The van der Waals surface area contributed by atoms with Crippen molar-refractivity contribution in [2.45, 2.75) is 32.9 Å². The molecule has 0 aliphatic heterocycles. The molecule has 1 atom stereocenters. The van der Waals surface area contributed by atoms with Crippen molar-refractivity contribution >= 4 is 11.9 Å². The molecule has 0 aliphatic carbocycles. The Labute approximate surface area is 180 Å². The van der Waals surface area contributed by atoms with Crippen molar-refractivity contribution in [1.82, 2.24) is 15.1 Å². The fourth-order valence-electron chi connectivity index (χ4n) is 3.21. The third kappa shape index (κ3) is 4.88. The largest absolute Gasteiger partial charge is 0.465 e. The van der Waals surface area contributed by atoms with E-state index in [0.29, 0.717) is 22.4 Å². The number of hydrogen-bond donors (Lipinski definition) is 1. The molecule has 0 spiro atoms. The highest BCUT2D eigenvalue weighted by atomic mass is 16.5. The predicted octanol–water partition coefficient (Wildman–Crippen LogP) is 3.28. The molecule has 1 amide bonds. The molecule has 3 rings (SSSR count). The van der Waals surface area contributed by atoms with Crippen molar-refractivity contribution in [3.05, 3.63) is 76.6 Å². The van der Waals surface area contributed by atoms with E-state index in [1.54, 1.807) is 12.1 Å². The van der Waals surface area contributed by atoms with E-state index in [0.717, 1.165) is 11.1 Å². The first-order chi connectivity index (χ1) is 15.0. The maximum Gasteiger partial charge on any atom is 0.344 e. The standard InChI is InChI=1S/C24H25N3O4/c1-4-16(2)25-19(28)15-27-23(29)21(24(30)31-3)20(17-11-7-5-8-12-17)22(26-27)18-13-9-6-10-14-18/h5-14,16H,4,15H2,1-3H3,(H,25,28)/t16-/m0/s1. The minimum Gasteiger partial charge on any atom is -0.465 e. The Morgan fingerprint density at radius 1 is 1.03 bits per heavy atom. The zero-order valence-corrected chi connectivity index (χ0v) is 17.8. The number of ether oxygens (including phenoxy) is 1. The van der Waals surface area contributed by atoms with Gasteiger partial charge < -0.3 is 10.1 Å². The summed E-state index contributed by atoms with van der Waals surface area (Å²) in [6.07, 6.45) is 0.754. The fourth-order valence-corrected chi connectivity index (χ4v) is 3.21. The molecule has 1 N–H and O–H groups in total. The molecular formula is C24H25N3O4. The molecule has 3 aromatic rings. The van der Waals surface area contributed by atoms with Crippen LogP contribution in [0, 0.1) is 0 Å². The van der Waals surface area contributed by atoms with Crippen molar-refractivity contribution < 1.29 is 14.3 Å². The number of amides is 1. The molecule has 1 heterocycles. The summed E-state index contributed by atoms with van der Waals surface area (Å²) >= 11 is 0. The van der Waals surface area contributed by atoms with E-state index >= 15 is 0 Å². The first kappa shape index (κ1) is 22.0. The summed E-state index contributed by atoms with van der Waals surface area (Å²) in [5.74, 6) is -1.13. The Hall–Kier alpha value is -3.74. The lowest BCUT2D eigenvalue weighted by Crippen LogP contribution is -2.39. The molecule has 1 aromatic heterocycles. The number of hydrogen-bond acceptors (Lipinski definition) is 5. The lowest BCUT2D eigenvalue weighted by molar-refractivity contribution is -0.122. The van der Waals surface area contributed by atoms with E-state index in [-0.39, 0.29) is 24.1 Å². The van der Waals surface area contributed by atoms with Crippen LogP contribution in [0.3, 0.4) is 0 Å². The molecule has 2 aromatic carbocycles. The summed E-state index contributed by atoms with van der Waals surface area (Å²) in [6, 6.07) is 18.3. The van der Waals surface area contributed by atoms with E-state index in [1.165, 1.54) is 7.11 Å². The van der Waals surface area contributed by atoms with Gasteiger partial charge in [-0.2, -0.15) is 5.10 Å². The third-order valence-corrected chi connectivity index (χ3v) is 4.97. The van der Waals surface area contributed by atoms with Gasteiger partial charge in [0.2, 0.25) is 5.91 Å². The Bertz CT molecular complexity index is 1120. The van der Waals surface area contributed by atoms with E-state index in [2.05, 4.69) is 10.4 Å². The van der Waals surface area contributed by atoms with Gasteiger partial charge in [0.1, 0.15) is 12.1 Å². The minimum atomic E-state index is -0.778. The molecule has 0 bridgehead atoms. The highest BCUT2D eigenvalue weighted by Crippen LogP contribution is 2.32. The van der Waals surface area contributed by atoms with Crippen LogP contribution < -0.4 is 10.9 Å². The number of nitrogens with one attached hydrogen (secondary N) is 1. The van der Waals surface area contributed by atoms with E-state index in [4.69, 9.17) is 4.74 Å². The Morgan fingerprint density at radius 3 is 2.16 bits per heavy atom. The van der Waals surface area contributed by atoms with Gasteiger partial charge in [-0.3, -0.25) is 9.59 Å². The van der Waals surface area contributed by atoms with Crippen molar-refractivity contribution in [1.29, 1.82) is 0 Å². The maximum atomic E-state index is 13.3. The minimum absolute atomic E-state index is 0.0412. The smallest absolute Gasteiger partial charge is 0.344 e. The zero-order chi connectivity index (χ0) is 22.4. The molecule has 0 saturated carbocycles. The molecule has 160 valence electrons. The lowest BCUT2D eigenvalue weighted by Gasteiger charge is -2.17. The first-order valence-electron chi connectivity index (χ1n) is 10.1. The van der Waals surface area contributed by atoms with Crippen LogP contribution in [0.1, 0.15) is 30.6 Å². The van der Waals surface area contributed by atoms with Gasteiger partial charge in [-0.1, -0.05) is 67.6 Å². The highest BCUT2D eigenvalue weighted by molar-refractivity contribution is 6.00. The van der Waals surface area contributed by atoms with Crippen LogP contribution in [0.4, 0.5) is 0 Å². The molecule has 0 fully saturated rings. The third-order valence-electron chi connectivity index (χ3n) is 4.97. The van der Waals surface area contributed by atoms with Crippen LogP contribution in [-0.2, 0) is 16.1 Å². The van der Waals surface area contributed by atoms with Gasteiger partial charge in [0.05, 0.1) is 12.8 Å². The summed E-state index contributed by atoms with van der Waals surface area (Å²) in [7, 11) is 1.22. The van der Waals surface area contributed by atoms with Gasteiger partial charge in [0.25, 0.3) is 5.56 Å². The summed E-state index contributed by atoms with van der Waals surface area (Å²) in [6.45, 7) is 3.52. The second kappa shape index (κ2) is 9.84. The van der Waals surface area contributed by atoms with Crippen LogP contribution in [-0.4, -0.2) is 34.8 Å². The first-order valence-corrected chi connectivity index (χ1v) is 10.1. The summed E-state index contributed by atoms with van der Waals surface area (Å²) in [5.41, 5.74) is 1.33. The lowest BCUT2D eigenvalue weighted by atomic mass is 9.95. The van der Waals surface area contributed by atoms with Crippen molar-refractivity contribution in [3.8, 4) is 22.4 Å². The number of methoxy groups -OCH3 is 1. The maximum absolute atomic E-state index is 13.3. The number of esters is 1. The number of carbonyl (C=O) groups is 2. The van der Waals surface area contributed by atoms with Gasteiger partial charge in [0, 0.05) is 17.2 Å². The van der Waals surface area contributed by atoms with Crippen LogP contribution >= 0.6 is 0 Å². The summed E-state index contributed by atoms with van der Waals surface area (Å²) in [4.78, 5) is 38.4. The van der Waals surface area contributed by atoms with Gasteiger partial charge in [-0.25, -0.2) is 9.48 Å². The van der Waals surface area contributed by atoms with Crippen LogP contribution in [0.5, 0.6) is 0 Å². The number of carbonyl (C=O) groups excluding carboxylic acids is 2. The predicted molar refractivity (Wildman–Crippen MR) is 119 cm³/mol. The van der Waals surface area contributed by atoms with E-state index < -0.39 is 11.5 Å². The average molecular weight is 419 g/mol. The molecule has 0 saturated heterocycles. The number of aromatic nitrogens is 2. The normalized spacial score (nSPS) is 11.6. The second-order valence-corrected chi connectivity index (χ2v) is 7.16. The van der Waals surface area contributed by atoms with Crippen molar-refractivity contribution in [2.24, 2.45) is 0 Å². The number of nitrogens with zero attached hydrogens (tertiary/aromatic N) is 2. The van der Waals surface area contributed by atoms with Crippen molar-refractivity contribution in [3.63, 3.8) is 0 Å². The number of rotatable bonds is 7. The molecule has 31 heavy (non-hydrogen) atoms. The Balaban J connectivity index is 2.27. The second-order valence-electron chi connectivity index (χ2n) is 7.16. The van der Waals surface area contributed by atoms with Gasteiger partial charge >= 0.3 is 5.97 Å². The molecule has 7 heteroatoms. The molecule has 7 nitrogen and oxygen atoms in total. The molecule has 0 unspecified atom stereocenters. The molecule has 0 radical (unpaired) electrons. The molecule has 0 aliphatic rings. The van der Waals surface area contributed by atoms with Crippen LogP contribution in [0.15, 0.2) is 65.5 Å². The number of benzene rings is 2. The van der Waals surface area contributed by atoms with E-state index in [9.17, 15) is 14.4 Å². The topological polar surface area (TPSA) is 90.3 Å². The monoisotopic (exact) mass is 419 g/mol. The van der Waals surface area contributed by atoms with Crippen LogP contribution in [0.25, 0.3) is 22.4 Å². The average Bonchev–Trinajstić information content (AvgIpc) is 2.80. The van der Waals surface area contributed by atoms with Gasteiger partial charge in [0.15, 0.2) is 0 Å². The summed E-state index contributed by atoms with van der Waals surface area (Å²) in [5, 5.41) is 7.32. The van der Waals surface area contributed by atoms with E-state index in [1.807, 2.05) is 62.4 Å². The highest BCUT2D eigenvalue weighted by Gasteiger charge is 2.26. The molecular weight excluding hydrogens is 394 g/mol. The Morgan fingerprint density at radius 2 is 1.61 bits per heavy atom. The fraction of sp³-hybridized carbons (Fsp3) is 0.250. The Kier molecular flexibility index (Phi) is 6.97. The quantitative estimate of drug-likeness (QED) is 0.594. The van der Waals surface area contributed by atoms with Gasteiger partial charge in [-0.05, 0) is 18.9 Å². The SMILES string of the molecule is CC[C@H](C)NC(=O)Cn1nc(-c2ccccc2)c(-c2ccccc2)c(C(=O)OC)c1=O. The van der Waals surface area contributed by atoms with Gasteiger partial charge in [-0.15, -0.1) is 0 Å². The zero-order valence-electron chi connectivity index (χ0n) is 17.8. The summed E-state index contributed by atoms with van der Waals surface area (Å²) < 4.78 is 5.96. The van der Waals surface area contributed by atoms with Crippen molar-refractivity contribution in [2.75, 3.05) is 7.11 Å².